The van der Waals surface area contributed by atoms with E-state index >= 15 is 0 Å². The first kappa shape index (κ1) is 17.6. The van der Waals surface area contributed by atoms with Gasteiger partial charge in [0.25, 0.3) is 0 Å². The topological polar surface area (TPSA) is 89.9 Å². The summed E-state index contributed by atoms with van der Waals surface area (Å²) in [7, 11) is 0. The molecule has 0 saturated carbocycles. The standard InChI is InChI=1S/C20H16O6S/c1-2-25-19(23)20(24)10-13(14-8-5-9-27-14)15-16(21)11-6-3-4-7-12(11)17(22)18(15)26-20/h3-9,13,24H,2,10H2,1H3/t13-,20?/m1/s1. The largest absolute Gasteiger partial charge is 0.461 e. The average molecular weight is 384 g/mol. The van der Waals surface area contributed by atoms with Gasteiger partial charge in [0.2, 0.25) is 5.78 Å². The zero-order valence-corrected chi connectivity index (χ0v) is 15.2. The van der Waals surface area contributed by atoms with E-state index < -0.39 is 23.5 Å². The van der Waals surface area contributed by atoms with E-state index in [-0.39, 0.29) is 35.7 Å². The molecule has 2 heterocycles. The Morgan fingerprint density at radius 3 is 2.56 bits per heavy atom. The molecule has 0 bridgehead atoms. The molecule has 6 nitrogen and oxygen atoms in total. The van der Waals surface area contributed by atoms with Crippen molar-refractivity contribution in [2.45, 2.75) is 25.0 Å². The predicted octanol–water partition coefficient (Wildman–Crippen LogP) is 2.84. The molecular weight excluding hydrogens is 368 g/mol. The number of aliphatic hydroxyl groups is 1. The summed E-state index contributed by atoms with van der Waals surface area (Å²) in [6.45, 7) is 1.66. The van der Waals surface area contributed by atoms with Gasteiger partial charge in [-0.05, 0) is 18.4 Å². The molecule has 27 heavy (non-hydrogen) atoms. The van der Waals surface area contributed by atoms with Crippen LogP contribution in [0.2, 0.25) is 0 Å². The molecule has 4 rings (SSSR count). The highest BCUT2D eigenvalue weighted by atomic mass is 32.1. The summed E-state index contributed by atoms with van der Waals surface area (Å²) in [4.78, 5) is 39.2. The molecule has 1 N–H and O–H groups in total. The van der Waals surface area contributed by atoms with Gasteiger partial charge in [-0.25, -0.2) is 4.79 Å². The van der Waals surface area contributed by atoms with Gasteiger partial charge >= 0.3 is 11.8 Å². The third kappa shape index (κ3) is 2.70. The van der Waals surface area contributed by atoms with Crippen LogP contribution in [0, 0.1) is 0 Å². The van der Waals surface area contributed by atoms with Gasteiger partial charge in [0.15, 0.2) is 11.5 Å². The Morgan fingerprint density at radius 2 is 1.93 bits per heavy atom. The van der Waals surface area contributed by atoms with Crippen LogP contribution in [0.25, 0.3) is 0 Å². The molecule has 0 spiro atoms. The van der Waals surface area contributed by atoms with Gasteiger partial charge in [-0.15, -0.1) is 11.3 Å². The molecule has 2 atom stereocenters. The van der Waals surface area contributed by atoms with Crippen molar-refractivity contribution in [3.05, 3.63) is 69.1 Å². The van der Waals surface area contributed by atoms with Crippen LogP contribution in [0.4, 0.5) is 0 Å². The normalized spacial score (nSPS) is 24.1. The van der Waals surface area contributed by atoms with E-state index in [1.807, 2.05) is 11.4 Å². The van der Waals surface area contributed by atoms with Gasteiger partial charge in [-0.3, -0.25) is 9.59 Å². The van der Waals surface area contributed by atoms with Gasteiger partial charge in [0.1, 0.15) is 0 Å². The van der Waals surface area contributed by atoms with Gasteiger partial charge in [-0.1, -0.05) is 30.3 Å². The Bertz CT molecular complexity index is 974. The molecule has 0 saturated heterocycles. The first-order valence-corrected chi connectivity index (χ1v) is 9.39. The average Bonchev–Trinajstić information content (AvgIpc) is 3.20. The molecule has 1 aromatic carbocycles. The summed E-state index contributed by atoms with van der Waals surface area (Å²) in [5.41, 5.74) is 0.669. The van der Waals surface area contributed by atoms with Crippen LogP contribution in [0.1, 0.15) is 44.9 Å². The van der Waals surface area contributed by atoms with Crippen LogP contribution in [-0.2, 0) is 14.3 Å². The summed E-state index contributed by atoms with van der Waals surface area (Å²) in [5, 5.41) is 12.7. The highest BCUT2D eigenvalue weighted by molar-refractivity contribution is 7.10. The fourth-order valence-corrected chi connectivity index (χ4v) is 4.32. The third-order valence-electron chi connectivity index (χ3n) is 4.69. The highest BCUT2D eigenvalue weighted by Gasteiger charge is 2.53. The van der Waals surface area contributed by atoms with Gasteiger partial charge < -0.3 is 14.6 Å². The minimum Gasteiger partial charge on any atom is -0.461 e. The van der Waals surface area contributed by atoms with E-state index in [1.165, 1.54) is 17.4 Å². The number of esters is 1. The third-order valence-corrected chi connectivity index (χ3v) is 5.68. The van der Waals surface area contributed by atoms with Crippen molar-refractivity contribution >= 4 is 28.9 Å². The Hall–Kier alpha value is -2.77. The number of hydrogen-bond acceptors (Lipinski definition) is 7. The molecule has 1 aliphatic carbocycles. The Kier molecular flexibility index (Phi) is 4.20. The minimum absolute atomic E-state index is 0.0514. The molecule has 0 radical (unpaired) electrons. The maximum absolute atomic E-state index is 13.1. The smallest absolute Gasteiger partial charge is 0.379 e. The minimum atomic E-state index is -2.33. The van der Waals surface area contributed by atoms with E-state index in [1.54, 1.807) is 31.2 Å². The number of carbonyl (C=O) groups excluding carboxylic acids is 3. The lowest BCUT2D eigenvalue weighted by Crippen LogP contribution is -2.49. The number of allylic oxidation sites excluding steroid dienone is 2. The number of thiophene rings is 1. The predicted molar refractivity (Wildman–Crippen MR) is 96.5 cm³/mol. The molecule has 7 heteroatoms. The van der Waals surface area contributed by atoms with Crippen LogP contribution >= 0.6 is 11.3 Å². The lowest BCUT2D eigenvalue weighted by molar-refractivity contribution is -0.220. The number of ether oxygens (including phenoxy) is 2. The second-order valence-corrected chi connectivity index (χ2v) is 7.30. The Morgan fingerprint density at radius 1 is 1.22 bits per heavy atom. The zero-order chi connectivity index (χ0) is 19.2. The summed E-state index contributed by atoms with van der Waals surface area (Å²) in [6.07, 6.45) is -0.202. The Balaban J connectivity index is 1.89. The monoisotopic (exact) mass is 384 g/mol. The summed E-state index contributed by atoms with van der Waals surface area (Å²) in [6, 6.07) is 10.1. The van der Waals surface area contributed by atoms with Crippen LogP contribution in [0.5, 0.6) is 0 Å². The first-order chi connectivity index (χ1) is 13.0. The number of Topliss-reactive ketones (excluding diaryl/α,β-unsaturated/α-hetero) is 2. The quantitative estimate of drug-likeness (QED) is 0.819. The van der Waals surface area contributed by atoms with Gasteiger partial charge in [0, 0.05) is 28.3 Å². The molecule has 1 aromatic heterocycles. The molecule has 1 unspecified atom stereocenters. The van der Waals surface area contributed by atoms with Crippen LogP contribution in [0.3, 0.4) is 0 Å². The van der Waals surface area contributed by atoms with E-state index in [4.69, 9.17) is 9.47 Å². The van der Waals surface area contributed by atoms with Crippen molar-refractivity contribution in [3.63, 3.8) is 0 Å². The molecule has 2 aromatic rings. The number of hydrogen-bond donors (Lipinski definition) is 1. The van der Waals surface area contributed by atoms with Crippen LogP contribution < -0.4 is 0 Å². The van der Waals surface area contributed by atoms with Crippen LogP contribution in [0.15, 0.2) is 53.1 Å². The SMILES string of the molecule is CCOC(=O)C1(O)C[C@H](c2cccs2)C2=C(O1)C(=O)c1ccccc1C2=O. The highest BCUT2D eigenvalue weighted by Crippen LogP contribution is 2.46. The lowest BCUT2D eigenvalue weighted by Gasteiger charge is -2.38. The fraction of sp³-hybridized carbons (Fsp3) is 0.250. The molecule has 1 aliphatic heterocycles. The van der Waals surface area contributed by atoms with Crippen molar-refractivity contribution in [2.75, 3.05) is 6.61 Å². The zero-order valence-electron chi connectivity index (χ0n) is 14.4. The second kappa shape index (κ2) is 6.44. The summed E-state index contributed by atoms with van der Waals surface area (Å²) < 4.78 is 10.4. The lowest BCUT2D eigenvalue weighted by atomic mass is 9.77. The number of fused-ring (bicyclic) bond motifs is 1. The molecule has 138 valence electrons. The van der Waals surface area contributed by atoms with Crippen molar-refractivity contribution in [1.82, 2.24) is 0 Å². The van der Waals surface area contributed by atoms with E-state index in [2.05, 4.69) is 0 Å². The van der Waals surface area contributed by atoms with Crippen molar-refractivity contribution in [1.29, 1.82) is 0 Å². The van der Waals surface area contributed by atoms with Crippen molar-refractivity contribution in [2.24, 2.45) is 0 Å². The Labute approximate surface area is 159 Å². The number of carbonyl (C=O) groups is 3. The van der Waals surface area contributed by atoms with Crippen LogP contribution in [-0.4, -0.2) is 35.0 Å². The van der Waals surface area contributed by atoms with E-state index in [0.29, 0.717) is 5.56 Å². The molecule has 0 amide bonds. The second-order valence-electron chi connectivity index (χ2n) is 6.33. The molecule has 0 fully saturated rings. The summed E-state index contributed by atoms with van der Waals surface area (Å²) >= 11 is 1.38. The van der Waals surface area contributed by atoms with Crippen molar-refractivity contribution < 1.29 is 29.0 Å². The van der Waals surface area contributed by atoms with Crippen molar-refractivity contribution in [3.8, 4) is 0 Å². The maximum atomic E-state index is 13.1. The maximum Gasteiger partial charge on any atom is 0.379 e. The molecular formula is C20H16O6S. The van der Waals surface area contributed by atoms with E-state index in [0.717, 1.165) is 4.88 Å². The van der Waals surface area contributed by atoms with Gasteiger partial charge in [0.05, 0.1) is 12.2 Å². The fourth-order valence-electron chi connectivity index (χ4n) is 3.48. The van der Waals surface area contributed by atoms with E-state index in [9.17, 15) is 19.5 Å². The molecule has 2 aliphatic rings. The number of ketones is 2. The number of rotatable bonds is 3. The first-order valence-electron chi connectivity index (χ1n) is 8.51. The van der Waals surface area contributed by atoms with Gasteiger partial charge in [-0.2, -0.15) is 0 Å². The summed E-state index contributed by atoms with van der Waals surface area (Å²) in [5.74, 6) is -5.08. The number of benzene rings is 1.